The van der Waals surface area contributed by atoms with Crippen molar-refractivity contribution < 1.29 is 8.83 Å². The molecular weight excluding hydrogens is 687 g/mol. The topological polar surface area (TPSA) is 65.0 Å². The van der Waals surface area contributed by atoms with Gasteiger partial charge in [0.25, 0.3) is 0 Å². The van der Waals surface area contributed by atoms with Crippen molar-refractivity contribution >= 4 is 43.9 Å². The Hall–Kier alpha value is -7.63. The van der Waals surface area contributed by atoms with Crippen LogP contribution in [-0.4, -0.2) is 15.0 Å². The number of aromatic nitrogens is 3. The number of rotatable bonds is 6. The Kier molecular flexibility index (Phi) is 7.42. The first-order valence-electron chi connectivity index (χ1n) is 18.7. The molecule has 0 aliphatic heterocycles. The van der Waals surface area contributed by atoms with Crippen molar-refractivity contribution in [2.24, 2.45) is 0 Å². The van der Waals surface area contributed by atoms with E-state index in [9.17, 15) is 0 Å². The molecule has 0 amide bonds. The van der Waals surface area contributed by atoms with Crippen LogP contribution in [0.1, 0.15) is 0 Å². The lowest BCUT2D eigenvalue weighted by molar-refractivity contribution is 0.668. The molecule has 0 atom stereocenters. The van der Waals surface area contributed by atoms with Gasteiger partial charge in [0.1, 0.15) is 22.3 Å². The van der Waals surface area contributed by atoms with Crippen molar-refractivity contribution in [3.05, 3.63) is 188 Å². The van der Waals surface area contributed by atoms with Gasteiger partial charge in [-0.3, -0.25) is 0 Å². The van der Waals surface area contributed by atoms with Gasteiger partial charge in [0.2, 0.25) is 0 Å². The van der Waals surface area contributed by atoms with Gasteiger partial charge >= 0.3 is 0 Å². The Bertz CT molecular complexity index is 3240. The Morgan fingerprint density at radius 1 is 0.268 bits per heavy atom. The quantitative estimate of drug-likeness (QED) is 0.171. The highest BCUT2D eigenvalue weighted by atomic mass is 16.3. The zero-order chi connectivity index (χ0) is 37.0. The predicted molar refractivity (Wildman–Crippen MR) is 227 cm³/mol. The summed E-state index contributed by atoms with van der Waals surface area (Å²) in [6.07, 6.45) is 0. The van der Waals surface area contributed by atoms with Crippen molar-refractivity contribution in [3.8, 4) is 67.5 Å². The van der Waals surface area contributed by atoms with Crippen LogP contribution in [0.15, 0.2) is 197 Å². The maximum Gasteiger partial charge on any atom is 0.164 e. The molecule has 0 fully saturated rings. The summed E-state index contributed by atoms with van der Waals surface area (Å²) in [5, 5.41) is 3.95. The summed E-state index contributed by atoms with van der Waals surface area (Å²) in [5.41, 5.74) is 12.8. The van der Waals surface area contributed by atoms with E-state index in [2.05, 4.69) is 109 Å². The zero-order valence-corrected chi connectivity index (χ0v) is 30.1. The molecular formula is C51H31N3O2. The average Bonchev–Trinajstić information content (AvgIpc) is 3.85. The van der Waals surface area contributed by atoms with Gasteiger partial charge in [-0.1, -0.05) is 152 Å². The third-order valence-corrected chi connectivity index (χ3v) is 10.6. The third-order valence-electron chi connectivity index (χ3n) is 10.6. The van der Waals surface area contributed by atoms with Gasteiger partial charge in [-0.05, 0) is 69.8 Å². The normalized spacial score (nSPS) is 11.6. The molecule has 0 bridgehead atoms. The molecule has 0 radical (unpaired) electrons. The average molecular weight is 718 g/mol. The Labute approximate surface area is 322 Å². The van der Waals surface area contributed by atoms with Gasteiger partial charge < -0.3 is 8.83 Å². The minimum absolute atomic E-state index is 0.568. The standard InChI is InChI=1S/C51H31N3O2/c1-3-12-32(13-4-1)33-24-26-34(27-25-33)36-16-9-17-37(30-36)38-28-29-44-42(31-38)48-41(20-11-23-46(48)56-44)51-53-49(35-14-5-2-6-15-35)52-50(54-51)40-19-10-22-45-47(40)39-18-7-8-21-43(39)55-45/h1-31H. The van der Waals surface area contributed by atoms with E-state index in [0.29, 0.717) is 17.5 Å². The number of para-hydroxylation sites is 1. The maximum absolute atomic E-state index is 6.49. The summed E-state index contributed by atoms with van der Waals surface area (Å²) in [6.45, 7) is 0. The van der Waals surface area contributed by atoms with Gasteiger partial charge in [-0.15, -0.1) is 0 Å². The summed E-state index contributed by atoms with van der Waals surface area (Å²) in [5.74, 6) is 1.73. The van der Waals surface area contributed by atoms with Crippen LogP contribution in [0.5, 0.6) is 0 Å². The number of nitrogens with zero attached hydrogens (tertiary/aromatic N) is 3. The molecule has 8 aromatic carbocycles. The molecule has 0 unspecified atom stereocenters. The van der Waals surface area contributed by atoms with Crippen molar-refractivity contribution in [2.75, 3.05) is 0 Å². The molecule has 0 aliphatic rings. The van der Waals surface area contributed by atoms with E-state index in [-0.39, 0.29) is 0 Å². The van der Waals surface area contributed by atoms with Crippen LogP contribution in [-0.2, 0) is 0 Å². The molecule has 56 heavy (non-hydrogen) atoms. The SMILES string of the molecule is c1ccc(-c2ccc(-c3cccc(-c4ccc5oc6cccc(-c7nc(-c8ccccc8)nc(-c8cccc9oc%10ccccc%10c89)n7)c6c5c4)c3)cc2)cc1. The molecule has 5 heteroatoms. The third kappa shape index (κ3) is 5.45. The molecule has 11 rings (SSSR count). The molecule has 262 valence electrons. The second kappa shape index (κ2) is 13.0. The Balaban J connectivity index is 1.05. The number of benzene rings is 8. The molecule has 0 spiro atoms. The van der Waals surface area contributed by atoms with E-state index in [0.717, 1.165) is 77.3 Å². The summed E-state index contributed by atoms with van der Waals surface area (Å²) in [7, 11) is 0. The Morgan fingerprint density at radius 3 is 1.38 bits per heavy atom. The van der Waals surface area contributed by atoms with Crippen LogP contribution in [0, 0.1) is 0 Å². The van der Waals surface area contributed by atoms with Crippen molar-refractivity contribution in [3.63, 3.8) is 0 Å². The van der Waals surface area contributed by atoms with Gasteiger partial charge in [0.05, 0.1) is 0 Å². The van der Waals surface area contributed by atoms with Gasteiger partial charge in [-0.25, -0.2) is 15.0 Å². The largest absolute Gasteiger partial charge is 0.456 e. The van der Waals surface area contributed by atoms with E-state index in [1.807, 2.05) is 78.9 Å². The fraction of sp³-hybridized carbons (Fsp3) is 0. The van der Waals surface area contributed by atoms with Crippen molar-refractivity contribution in [1.29, 1.82) is 0 Å². The molecule has 11 aromatic rings. The van der Waals surface area contributed by atoms with E-state index < -0.39 is 0 Å². The van der Waals surface area contributed by atoms with Crippen LogP contribution in [0.4, 0.5) is 0 Å². The van der Waals surface area contributed by atoms with E-state index in [1.165, 1.54) is 16.7 Å². The molecule has 0 saturated carbocycles. The minimum atomic E-state index is 0.568. The van der Waals surface area contributed by atoms with Gasteiger partial charge in [-0.2, -0.15) is 0 Å². The van der Waals surface area contributed by atoms with Crippen LogP contribution in [0.2, 0.25) is 0 Å². The maximum atomic E-state index is 6.49. The lowest BCUT2D eigenvalue weighted by Gasteiger charge is -2.10. The second-order valence-corrected chi connectivity index (χ2v) is 14.0. The lowest BCUT2D eigenvalue weighted by Crippen LogP contribution is -2.00. The number of fused-ring (bicyclic) bond motifs is 6. The molecule has 0 aliphatic carbocycles. The van der Waals surface area contributed by atoms with E-state index in [4.69, 9.17) is 23.8 Å². The van der Waals surface area contributed by atoms with E-state index in [1.54, 1.807) is 0 Å². The number of hydrogen-bond donors (Lipinski definition) is 0. The first-order chi connectivity index (χ1) is 27.7. The van der Waals surface area contributed by atoms with E-state index >= 15 is 0 Å². The van der Waals surface area contributed by atoms with Crippen LogP contribution < -0.4 is 0 Å². The summed E-state index contributed by atoms with van der Waals surface area (Å²) in [4.78, 5) is 15.4. The first kappa shape index (κ1) is 31.9. The molecule has 3 heterocycles. The van der Waals surface area contributed by atoms with Crippen molar-refractivity contribution in [2.45, 2.75) is 0 Å². The molecule has 5 nitrogen and oxygen atoms in total. The van der Waals surface area contributed by atoms with Gasteiger partial charge in [0.15, 0.2) is 17.5 Å². The highest BCUT2D eigenvalue weighted by Crippen LogP contribution is 2.40. The second-order valence-electron chi connectivity index (χ2n) is 14.0. The molecule has 3 aromatic heterocycles. The lowest BCUT2D eigenvalue weighted by atomic mass is 9.96. The predicted octanol–water partition coefficient (Wildman–Crippen LogP) is 13.7. The fourth-order valence-corrected chi connectivity index (χ4v) is 7.85. The fourth-order valence-electron chi connectivity index (χ4n) is 7.85. The molecule has 0 saturated heterocycles. The minimum Gasteiger partial charge on any atom is -0.456 e. The zero-order valence-electron chi connectivity index (χ0n) is 30.1. The summed E-state index contributed by atoms with van der Waals surface area (Å²) < 4.78 is 12.7. The Morgan fingerprint density at radius 2 is 0.696 bits per heavy atom. The highest BCUT2D eigenvalue weighted by Gasteiger charge is 2.20. The number of hydrogen-bond acceptors (Lipinski definition) is 5. The monoisotopic (exact) mass is 717 g/mol. The van der Waals surface area contributed by atoms with Crippen LogP contribution in [0.25, 0.3) is 111 Å². The smallest absolute Gasteiger partial charge is 0.164 e. The van der Waals surface area contributed by atoms with Crippen molar-refractivity contribution in [1.82, 2.24) is 15.0 Å². The summed E-state index contributed by atoms with van der Waals surface area (Å²) in [6, 6.07) is 64.7. The van der Waals surface area contributed by atoms with Crippen LogP contribution in [0.3, 0.4) is 0 Å². The van der Waals surface area contributed by atoms with Crippen LogP contribution >= 0.6 is 0 Å². The molecule has 0 N–H and O–H groups in total. The number of furan rings is 2. The van der Waals surface area contributed by atoms with Gasteiger partial charge in [0, 0.05) is 38.2 Å². The summed E-state index contributed by atoms with van der Waals surface area (Å²) >= 11 is 0. The highest BCUT2D eigenvalue weighted by molar-refractivity contribution is 6.14. The first-order valence-corrected chi connectivity index (χ1v) is 18.7.